The van der Waals surface area contributed by atoms with Crippen LogP contribution in [0.5, 0.6) is 0 Å². The molecule has 1 heterocycles. The molecule has 1 saturated heterocycles. The van der Waals surface area contributed by atoms with Gasteiger partial charge in [-0.15, -0.1) is 0 Å². The van der Waals surface area contributed by atoms with Crippen LogP contribution in [0.15, 0.2) is 24.3 Å². The van der Waals surface area contributed by atoms with Crippen LogP contribution in [0.25, 0.3) is 0 Å². The predicted molar refractivity (Wildman–Crippen MR) is 72.8 cm³/mol. The molecule has 1 aliphatic rings. The molecule has 0 aliphatic carbocycles. The molecule has 1 aromatic carbocycles. The third kappa shape index (κ3) is 3.75. The van der Waals surface area contributed by atoms with Gasteiger partial charge < -0.3 is 15.2 Å². The van der Waals surface area contributed by atoms with Gasteiger partial charge in [0.15, 0.2) is 0 Å². The van der Waals surface area contributed by atoms with E-state index in [1.54, 1.807) is 0 Å². The molecule has 21 heavy (non-hydrogen) atoms. The van der Waals surface area contributed by atoms with Crippen molar-refractivity contribution in [2.24, 2.45) is 0 Å². The maximum Gasteiger partial charge on any atom is 0.416 e. The van der Waals surface area contributed by atoms with Crippen molar-refractivity contribution in [2.45, 2.75) is 44.2 Å². The first-order valence-corrected chi connectivity index (χ1v) is 6.94. The van der Waals surface area contributed by atoms with Crippen molar-refractivity contribution in [3.63, 3.8) is 0 Å². The third-order valence-corrected chi connectivity index (χ3v) is 4.18. The quantitative estimate of drug-likeness (QED) is 0.898. The van der Waals surface area contributed by atoms with E-state index < -0.39 is 17.8 Å². The molecule has 0 spiro atoms. The van der Waals surface area contributed by atoms with Crippen molar-refractivity contribution >= 4 is 0 Å². The molecular formula is C15H20F3NO2. The summed E-state index contributed by atoms with van der Waals surface area (Å²) in [6.07, 6.45) is -4.57. The zero-order valence-electron chi connectivity index (χ0n) is 12.1. The second-order valence-electron chi connectivity index (χ2n) is 5.70. The Hall–Kier alpha value is -1.11. The molecule has 1 aromatic rings. The van der Waals surface area contributed by atoms with Gasteiger partial charge in [0.25, 0.3) is 0 Å². The van der Waals surface area contributed by atoms with Crippen LogP contribution >= 0.6 is 0 Å². The summed E-state index contributed by atoms with van der Waals surface area (Å²) in [4.78, 5) is 0. The number of benzene rings is 1. The van der Waals surface area contributed by atoms with E-state index in [0.29, 0.717) is 6.61 Å². The SMILES string of the molecule is CC1OCCC1(C)NCC(O)c1cccc(C(F)(F)F)c1. The van der Waals surface area contributed by atoms with E-state index in [9.17, 15) is 18.3 Å². The van der Waals surface area contributed by atoms with Gasteiger partial charge in [-0.05, 0) is 38.0 Å². The first-order chi connectivity index (χ1) is 9.72. The summed E-state index contributed by atoms with van der Waals surface area (Å²) in [5.74, 6) is 0. The molecule has 3 atom stereocenters. The number of rotatable bonds is 4. The van der Waals surface area contributed by atoms with Crippen LogP contribution in [0.4, 0.5) is 13.2 Å². The Morgan fingerprint density at radius 2 is 2.19 bits per heavy atom. The lowest BCUT2D eigenvalue weighted by Crippen LogP contribution is -2.49. The van der Waals surface area contributed by atoms with E-state index >= 15 is 0 Å². The summed E-state index contributed by atoms with van der Waals surface area (Å²) < 4.78 is 43.5. The van der Waals surface area contributed by atoms with Gasteiger partial charge in [-0.2, -0.15) is 13.2 Å². The normalized spacial score (nSPS) is 27.8. The molecule has 3 nitrogen and oxygen atoms in total. The smallest absolute Gasteiger partial charge is 0.387 e. The van der Waals surface area contributed by atoms with Gasteiger partial charge in [0, 0.05) is 18.7 Å². The standard InChI is InChI=1S/C15H20F3NO2/c1-10-14(2,6-7-21-10)19-9-13(20)11-4-3-5-12(8-11)15(16,17)18/h3-5,8,10,13,19-20H,6-7,9H2,1-2H3. The van der Waals surface area contributed by atoms with Crippen molar-refractivity contribution in [1.82, 2.24) is 5.32 Å². The summed E-state index contributed by atoms with van der Waals surface area (Å²) >= 11 is 0. The zero-order valence-corrected chi connectivity index (χ0v) is 12.1. The average Bonchev–Trinajstić information content (AvgIpc) is 2.76. The molecule has 0 saturated carbocycles. The minimum Gasteiger partial charge on any atom is -0.387 e. The second kappa shape index (κ2) is 5.94. The van der Waals surface area contributed by atoms with E-state index in [0.717, 1.165) is 18.6 Å². The Labute approximate surface area is 122 Å². The Morgan fingerprint density at radius 1 is 1.48 bits per heavy atom. The van der Waals surface area contributed by atoms with E-state index in [2.05, 4.69) is 5.32 Å². The molecule has 6 heteroatoms. The molecule has 0 radical (unpaired) electrons. The lowest BCUT2D eigenvalue weighted by Gasteiger charge is -2.30. The van der Waals surface area contributed by atoms with E-state index in [1.165, 1.54) is 12.1 Å². The van der Waals surface area contributed by atoms with Crippen LogP contribution in [0.3, 0.4) is 0 Å². The summed E-state index contributed by atoms with van der Waals surface area (Å²) in [5.41, 5.74) is -0.752. The second-order valence-corrected chi connectivity index (χ2v) is 5.70. The molecule has 0 amide bonds. The van der Waals surface area contributed by atoms with E-state index in [1.807, 2.05) is 13.8 Å². The number of hydrogen-bond acceptors (Lipinski definition) is 3. The molecule has 0 aromatic heterocycles. The predicted octanol–water partition coefficient (Wildman–Crippen LogP) is 2.90. The minimum atomic E-state index is -4.40. The Morgan fingerprint density at radius 3 is 2.76 bits per heavy atom. The van der Waals surface area contributed by atoms with Crippen molar-refractivity contribution < 1.29 is 23.0 Å². The fourth-order valence-corrected chi connectivity index (χ4v) is 2.44. The van der Waals surface area contributed by atoms with Crippen molar-refractivity contribution in [1.29, 1.82) is 0 Å². The van der Waals surface area contributed by atoms with Crippen LogP contribution in [-0.2, 0) is 10.9 Å². The highest BCUT2D eigenvalue weighted by molar-refractivity contribution is 5.27. The van der Waals surface area contributed by atoms with Crippen LogP contribution < -0.4 is 5.32 Å². The first-order valence-electron chi connectivity index (χ1n) is 6.94. The van der Waals surface area contributed by atoms with Gasteiger partial charge >= 0.3 is 6.18 Å². The monoisotopic (exact) mass is 303 g/mol. The van der Waals surface area contributed by atoms with Gasteiger partial charge in [0.05, 0.1) is 17.8 Å². The van der Waals surface area contributed by atoms with Crippen molar-refractivity contribution in [2.75, 3.05) is 13.2 Å². The highest BCUT2D eigenvalue weighted by Crippen LogP contribution is 2.31. The summed E-state index contributed by atoms with van der Waals surface area (Å²) in [6, 6.07) is 4.80. The lowest BCUT2D eigenvalue weighted by atomic mass is 9.94. The summed E-state index contributed by atoms with van der Waals surface area (Å²) in [6.45, 7) is 4.76. The van der Waals surface area contributed by atoms with E-state index in [4.69, 9.17) is 4.74 Å². The molecule has 2 rings (SSSR count). The topological polar surface area (TPSA) is 41.5 Å². The van der Waals surface area contributed by atoms with Gasteiger partial charge in [-0.3, -0.25) is 0 Å². The number of β-amino-alcohol motifs (C(OH)–C–C–N with tert-alkyl or cyclic N) is 1. The molecular weight excluding hydrogens is 283 g/mol. The fraction of sp³-hybridized carbons (Fsp3) is 0.600. The Balaban J connectivity index is 2.02. The number of halogens is 3. The molecule has 118 valence electrons. The number of aliphatic hydroxyl groups is 1. The first kappa shape index (κ1) is 16.3. The molecule has 2 N–H and O–H groups in total. The van der Waals surface area contributed by atoms with Gasteiger partial charge in [0.1, 0.15) is 0 Å². The Bertz CT molecular complexity index is 492. The summed E-state index contributed by atoms with van der Waals surface area (Å²) in [5, 5.41) is 13.3. The fourth-order valence-electron chi connectivity index (χ4n) is 2.44. The molecule has 1 aliphatic heterocycles. The summed E-state index contributed by atoms with van der Waals surface area (Å²) in [7, 11) is 0. The largest absolute Gasteiger partial charge is 0.416 e. The number of hydrogen-bond donors (Lipinski definition) is 2. The van der Waals surface area contributed by atoms with Crippen molar-refractivity contribution in [3.05, 3.63) is 35.4 Å². The van der Waals surface area contributed by atoms with Crippen LogP contribution in [-0.4, -0.2) is 29.9 Å². The third-order valence-electron chi connectivity index (χ3n) is 4.18. The van der Waals surface area contributed by atoms with Gasteiger partial charge in [-0.1, -0.05) is 12.1 Å². The average molecular weight is 303 g/mol. The molecule has 1 fully saturated rings. The minimum absolute atomic E-state index is 0.00575. The Kier molecular flexibility index (Phi) is 4.60. The number of ether oxygens (including phenoxy) is 1. The van der Waals surface area contributed by atoms with Crippen LogP contribution in [0.1, 0.15) is 37.5 Å². The van der Waals surface area contributed by atoms with Gasteiger partial charge in [-0.25, -0.2) is 0 Å². The number of aliphatic hydroxyl groups excluding tert-OH is 1. The van der Waals surface area contributed by atoms with Crippen LogP contribution in [0.2, 0.25) is 0 Å². The highest BCUT2D eigenvalue weighted by atomic mass is 19.4. The number of nitrogens with one attached hydrogen (secondary N) is 1. The van der Waals surface area contributed by atoms with E-state index in [-0.39, 0.29) is 23.8 Å². The number of alkyl halides is 3. The molecule has 0 bridgehead atoms. The maximum absolute atomic E-state index is 12.7. The highest BCUT2D eigenvalue weighted by Gasteiger charge is 2.37. The lowest BCUT2D eigenvalue weighted by molar-refractivity contribution is -0.137. The maximum atomic E-state index is 12.7. The van der Waals surface area contributed by atoms with Crippen molar-refractivity contribution in [3.8, 4) is 0 Å². The van der Waals surface area contributed by atoms with Crippen LogP contribution in [0, 0.1) is 0 Å². The zero-order chi connectivity index (χ0) is 15.7. The molecule has 3 unspecified atom stereocenters. The van der Waals surface area contributed by atoms with Gasteiger partial charge in [0.2, 0.25) is 0 Å².